The van der Waals surface area contributed by atoms with Crippen LogP contribution in [0, 0.1) is 5.92 Å². The van der Waals surface area contributed by atoms with Crippen LogP contribution in [0.1, 0.15) is 24.2 Å². The normalized spacial score (nSPS) is 21.6. The monoisotopic (exact) mass is 413 g/mol. The molecule has 0 spiro atoms. The Balaban J connectivity index is 2.50. The van der Waals surface area contributed by atoms with E-state index in [0.29, 0.717) is 17.9 Å². The molecule has 1 aliphatic rings. The first-order valence-electron chi connectivity index (χ1n) is 9.26. The molecule has 28 heavy (non-hydrogen) atoms. The molecular weight excluding hydrogens is 382 g/mol. The van der Waals surface area contributed by atoms with Gasteiger partial charge in [0.05, 0.1) is 31.0 Å². The van der Waals surface area contributed by atoms with Crippen LogP contribution in [0.3, 0.4) is 0 Å². The summed E-state index contributed by atoms with van der Waals surface area (Å²) in [4.78, 5) is 16.7. The summed E-state index contributed by atoms with van der Waals surface area (Å²) in [5.41, 5.74) is 1.26. The van der Waals surface area contributed by atoms with Gasteiger partial charge in [-0.2, -0.15) is 0 Å². The van der Waals surface area contributed by atoms with Crippen molar-refractivity contribution >= 4 is 21.6 Å². The van der Waals surface area contributed by atoms with E-state index in [1.54, 1.807) is 24.0 Å². The smallest absolute Gasteiger partial charge is 0.258 e. The van der Waals surface area contributed by atoms with Crippen LogP contribution in [0.2, 0.25) is 0 Å². The zero-order valence-electron chi connectivity index (χ0n) is 17.4. The summed E-state index contributed by atoms with van der Waals surface area (Å²) in [6, 6.07) is 5.00. The summed E-state index contributed by atoms with van der Waals surface area (Å²) < 4.78 is 31.1. The maximum absolute atomic E-state index is 13.2. The number of carbonyl (C=O) groups is 1. The minimum Gasteiger partial charge on any atom is -0.488 e. The van der Waals surface area contributed by atoms with Gasteiger partial charge in [-0.15, -0.1) is 0 Å². The van der Waals surface area contributed by atoms with Gasteiger partial charge in [-0.25, -0.2) is 12.7 Å². The SMILES string of the molecule is C[C@@H]1CN([C@@H](C)CO)C(=O)c2cc(N(C)C)ccc2O[C@@H]1CN(C)S(C)(=O)=O. The Morgan fingerprint density at radius 3 is 2.50 bits per heavy atom. The molecule has 2 rings (SSSR count). The molecule has 9 heteroatoms. The highest BCUT2D eigenvalue weighted by molar-refractivity contribution is 7.88. The number of aliphatic hydroxyl groups excluding tert-OH is 1. The fourth-order valence-corrected chi connectivity index (χ4v) is 3.51. The summed E-state index contributed by atoms with van der Waals surface area (Å²) in [7, 11) is 1.92. The number of rotatable bonds is 6. The molecule has 0 aromatic heterocycles. The predicted molar refractivity (Wildman–Crippen MR) is 109 cm³/mol. The van der Waals surface area contributed by atoms with Gasteiger partial charge < -0.3 is 19.6 Å². The third kappa shape index (κ3) is 4.95. The molecule has 158 valence electrons. The van der Waals surface area contributed by atoms with E-state index in [-0.39, 0.29) is 31.0 Å². The Hall–Kier alpha value is -1.84. The Bertz CT molecular complexity index is 812. The van der Waals surface area contributed by atoms with Crippen molar-refractivity contribution in [2.75, 3.05) is 52.0 Å². The van der Waals surface area contributed by atoms with Crippen molar-refractivity contribution in [1.82, 2.24) is 9.21 Å². The topological polar surface area (TPSA) is 90.4 Å². The average Bonchev–Trinajstić information content (AvgIpc) is 2.62. The molecule has 1 amide bonds. The van der Waals surface area contributed by atoms with Crippen LogP contribution in [-0.2, 0) is 10.0 Å². The van der Waals surface area contributed by atoms with Crippen molar-refractivity contribution in [2.24, 2.45) is 5.92 Å². The van der Waals surface area contributed by atoms with Crippen LogP contribution >= 0.6 is 0 Å². The Morgan fingerprint density at radius 2 is 1.96 bits per heavy atom. The van der Waals surface area contributed by atoms with Gasteiger partial charge >= 0.3 is 0 Å². The minimum atomic E-state index is -3.36. The molecule has 3 atom stereocenters. The van der Waals surface area contributed by atoms with Gasteiger partial charge in [0.15, 0.2) is 0 Å². The van der Waals surface area contributed by atoms with Crippen molar-refractivity contribution in [3.63, 3.8) is 0 Å². The summed E-state index contributed by atoms with van der Waals surface area (Å²) >= 11 is 0. The van der Waals surface area contributed by atoms with E-state index in [9.17, 15) is 18.3 Å². The maximum Gasteiger partial charge on any atom is 0.258 e. The minimum absolute atomic E-state index is 0.135. The number of hydrogen-bond acceptors (Lipinski definition) is 6. The predicted octanol–water partition coefficient (Wildman–Crippen LogP) is 0.864. The fourth-order valence-electron chi connectivity index (χ4n) is 3.10. The molecule has 1 aromatic carbocycles. The first-order valence-corrected chi connectivity index (χ1v) is 11.1. The quantitative estimate of drug-likeness (QED) is 0.744. The number of nitrogens with zero attached hydrogens (tertiary/aromatic N) is 3. The molecule has 0 saturated carbocycles. The molecule has 1 aliphatic heterocycles. The standard InChI is InChI=1S/C19H31N3O5S/c1-13-10-22(14(2)12-23)19(24)16-9-15(20(3)4)7-8-17(16)27-18(13)11-21(5)28(6,25)26/h7-9,13-14,18,23H,10-12H2,1-6H3/t13-,14+,18-/m1/s1. The lowest BCUT2D eigenvalue weighted by atomic mass is 9.99. The number of hydrogen-bond donors (Lipinski definition) is 1. The highest BCUT2D eigenvalue weighted by Crippen LogP contribution is 2.31. The third-order valence-corrected chi connectivity index (χ3v) is 6.45. The van der Waals surface area contributed by atoms with E-state index in [1.165, 1.54) is 11.4 Å². The van der Waals surface area contributed by atoms with Crippen molar-refractivity contribution in [3.05, 3.63) is 23.8 Å². The van der Waals surface area contributed by atoms with Gasteiger partial charge in [0.1, 0.15) is 11.9 Å². The van der Waals surface area contributed by atoms with Crippen LogP contribution in [0.15, 0.2) is 18.2 Å². The van der Waals surface area contributed by atoms with Crippen molar-refractivity contribution in [3.8, 4) is 5.75 Å². The molecule has 0 saturated heterocycles. The van der Waals surface area contributed by atoms with Crippen molar-refractivity contribution in [2.45, 2.75) is 26.0 Å². The molecule has 8 nitrogen and oxygen atoms in total. The fraction of sp³-hybridized carbons (Fsp3) is 0.632. The molecule has 0 radical (unpaired) electrons. The lowest BCUT2D eigenvalue weighted by Crippen LogP contribution is -2.50. The number of sulfonamides is 1. The molecule has 1 heterocycles. The Labute approximate surface area is 167 Å². The van der Waals surface area contributed by atoms with E-state index < -0.39 is 16.1 Å². The Morgan fingerprint density at radius 1 is 1.32 bits per heavy atom. The molecule has 0 fully saturated rings. The zero-order valence-corrected chi connectivity index (χ0v) is 18.2. The first kappa shape index (κ1) is 22.4. The third-order valence-electron chi connectivity index (χ3n) is 5.17. The van der Waals surface area contributed by atoms with Crippen LogP contribution in [0.4, 0.5) is 5.69 Å². The van der Waals surface area contributed by atoms with Crippen LogP contribution in [0.25, 0.3) is 0 Å². The molecule has 0 aliphatic carbocycles. The van der Waals surface area contributed by atoms with Crippen LogP contribution in [-0.4, -0.2) is 87.9 Å². The second-order valence-electron chi connectivity index (χ2n) is 7.74. The van der Waals surface area contributed by atoms with Gasteiger partial charge in [-0.1, -0.05) is 6.92 Å². The highest BCUT2D eigenvalue weighted by atomic mass is 32.2. The number of fused-ring (bicyclic) bond motifs is 1. The average molecular weight is 414 g/mol. The van der Waals surface area contributed by atoms with Gasteiger partial charge in [-0.3, -0.25) is 4.79 Å². The second-order valence-corrected chi connectivity index (χ2v) is 9.83. The summed E-state index contributed by atoms with van der Waals surface area (Å²) in [5, 5.41) is 9.64. The number of anilines is 1. The Kier molecular flexibility index (Phi) is 6.95. The molecule has 0 unspecified atom stereocenters. The van der Waals surface area contributed by atoms with Crippen molar-refractivity contribution < 1.29 is 23.1 Å². The number of ether oxygens (including phenoxy) is 1. The number of amides is 1. The largest absolute Gasteiger partial charge is 0.488 e. The van der Waals surface area contributed by atoms with E-state index in [2.05, 4.69) is 0 Å². The van der Waals surface area contributed by atoms with Gasteiger partial charge in [-0.05, 0) is 25.1 Å². The lowest BCUT2D eigenvalue weighted by molar-refractivity contribution is 0.0387. The van der Waals surface area contributed by atoms with Crippen LogP contribution < -0.4 is 9.64 Å². The molecular formula is C19H31N3O5S. The van der Waals surface area contributed by atoms with Gasteiger partial charge in [0.2, 0.25) is 10.0 Å². The van der Waals surface area contributed by atoms with E-state index in [4.69, 9.17) is 4.74 Å². The highest BCUT2D eigenvalue weighted by Gasteiger charge is 2.34. The molecule has 1 N–H and O–H groups in total. The van der Waals surface area contributed by atoms with Gasteiger partial charge in [0.25, 0.3) is 5.91 Å². The van der Waals surface area contributed by atoms with Gasteiger partial charge in [0, 0.05) is 39.3 Å². The van der Waals surface area contributed by atoms with E-state index in [1.807, 2.05) is 32.0 Å². The number of carbonyl (C=O) groups excluding carboxylic acids is 1. The zero-order chi connectivity index (χ0) is 21.2. The summed E-state index contributed by atoms with van der Waals surface area (Å²) in [5.74, 6) is 0.0787. The van der Waals surface area contributed by atoms with E-state index >= 15 is 0 Å². The maximum atomic E-state index is 13.2. The number of benzene rings is 1. The first-order chi connectivity index (χ1) is 13.0. The number of likely N-dealkylation sites (N-methyl/N-ethyl adjacent to an activating group) is 1. The molecule has 1 aromatic rings. The van der Waals surface area contributed by atoms with Crippen molar-refractivity contribution in [1.29, 1.82) is 0 Å². The molecule has 0 bridgehead atoms. The summed E-state index contributed by atoms with van der Waals surface area (Å²) in [6.45, 7) is 4.08. The van der Waals surface area contributed by atoms with Crippen LogP contribution in [0.5, 0.6) is 5.75 Å². The summed E-state index contributed by atoms with van der Waals surface area (Å²) in [6.07, 6.45) is 0.715. The lowest BCUT2D eigenvalue weighted by Gasteiger charge is -2.38. The second kappa shape index (κ2) is 8.67. The van der Waals surface area contributed by atoms with E-state index in [0.717, 1.165) is 11.9 Å². The number of aliphatic hydroxyl groups is 1.